The number of aliphatic hydroxyl groups is 2. The number of carbonyl (C=O) groups is 4. The van der Waals surface area contributed by atoms with Crippen molar-refractivity contribution in [2.75, 3.05) is 13.2 Å². The Kier molecular flexibility index (Phi) is 48.4. The first kappa shape index (κ1) is 70.9. The Bertz CT molecular complexity index is 1660. The third-order valence-corrected chi connectivity index (χ3v) is 13.5. The standard InChI is InChI=1S/C65H108O12/c1-4-7-10-13-16-19-22-25-27-29-31-34-36-39-42-45-48-51-57(66)73-54-56(75-58(67)52-49-46-43-40-37-33-24-21-18-15-12-9-6-3)55-74-65-63(61(70)60(69)62(77-65)64(71)72)76-59(68)53-50-47-44-41-38-35-32-30-28-26-23-20-17-14-11-8-5-2/h7-8,10-11,16-17,19-20,25-28,31,34,56,60-63,65,69-70H,4-6,9,12-15,18,21-24,29-30,32-33,35-55H2,1-3H3,(H,71,72)/b10-7-,11-8-,19-16-,20-17-,27-25-,28-26-,34-31-. The highest BCUT2D eigenvalue weighted by molar-refractivity contribution is 5.74. The van der Waals surface area contributed by atoms with Crippen molar-refractivity contribution >= 4 is 23.9 Å². The Morgan fingerprint density at radius 2 is 0.818 bits per heavy atom. The molecule has 1 aliphatic rings. The molecule has 1 heterocycles. The smallest absolute Gasteiger partial charge is 0.335 e. The molecule has 6 unspecified atom stereocenters. The van der Waals surface area contributed by atoms with Crippen LogP contribution in [-0.4, -0.2) is 89.2 Å². The summed E-state index contributed by atoms with van der Waals surface area (Å²) in [6, 6.07) is 0. The van der Waals surface area contributed by atoms with E-state index in [2.05, 4.69) is 106 Å². The summed E-state index contributed by atoms with van der Waals surface area (Å²) in [7, 11) is 0. The van der Waals surface area contributed by atoms with Crippen molar-refractivity contribution in [1.29, 1.82) is 0 Å². The van der Waals surface area contributed by atoms with E-state index in [0.717, 1.165) is 135 Å². The number of carboxylic acid groups (broad SMARTS) is 1. The molecule has 0 radical (unpaired) electrons. The van der Waals surface area contributed by atoms with E-state index in [4.69, 9.17) is 23.7 Å². The molecule has 1 aliphatic heterocycles. The van der Waals surface area contributed by atoms with E-state index in [-0.39, 0.29) is 25.9 Å². The minimum atomic E-state index is -1.91. The van der Waals surface area contributed by atoms with Crippen molar-refractivity contribution in [1.82, 2.24) is 0 Å². The number of esters is 3. The van der Waals surface area contributed by atoms with Crippen LogP contribution in [0.5, 0.6) is 0 Å². The normalized spacial score (nSPS) is 18.6. The van der Waals surface area contributed by atoms with E-state index < -0.39 is 67.3 Å². The average Bonchev–Trinajstić information content (AvgIpc) is 3.42. The maximum atomic E-state index is 13.2. The summed E-state index contributed by atoms with van der Waals surface area (Å²) in [5.41, 5.74) is 0. The Hall–Kier alpha value is -4.10. The van der Waals surface area contributed by atoms with Gasteiger partial charge >= 0.3 is 23.9 Å². The maximum absolute atomic E-state index is 13.2. The molecular formula is C65H108O12. The highest BCUT2D eigenvalue weighted by atomic mass is 16.7. The molecule has 77 heavy (non-hydrogen) atoms. The molecule has 0 aromatic carbocycles. The Morgan fingerprint density at radius 1 is 0.442 bits per heavy atom. The molecular weight excluding hydrogens is 973 g/mol. The predicted octanol–water partition coefficient (Wildman–Crippen LogP) is 15.9. The molecule has 1 fully saturated rings. The van der Waals surface area contributed by atoms with Gasteiger partial charge in [0, 0.05) is 19.3 Å². The summed E-state index contributed by atoms with van der Waals surface area (Å²) in [6.07, 6.45) is 55.4. The summed E-state index contributed by atoms with van der Waals surface area (Å²) in [4.78, 5) is 51.2. The van der Waals surface area contributed by atoms with Crippen LogP contribution < -0.4 is 0 Å². The first-order chi connectivity index (χ1) is 37.6. The molecule has 12 heteroatoms. The van der Waals surface area contributed by atoms with Crippen LogP contribution >= 0.6 is 0 Å². The molecule has 0 aliphatic carbocycles. The van der Waals surface area contributed by atoms with Gasteiger partial charge in [-0.3, -0.25) is 14.4 Å². The molecule has 3 N–H and O–H groups in total. The quantitative estimate of drug-likeness (QED) is 0.0228. The second-order valence-corrected chi connectivity index (χ2v) is 20.6. The molecule has 6 atom stereocenters. The van der Waals surface area contributed by atoms with Crippen LogP contribution in [0.4, 0.5) is 0 Å². The van der Waals surface area contributed by atoms with Crippen LogP contribution in [0.15, 0.2) is 85.1 Å². The summed E-state index contributed by atoms with van der Waals surface area (Å²) in [5.74, 6) is -3.16. The van der Waals surface area contributed by atoms with E-state index >= 15 is 0 Å². The van der Waals surface area contributed by atoms with Crippen LogP contribution in [0.1, 0.15) is 252 Å². The number of rotatable bonds is 51. The van der Waals surface area contributed by atoms with E-state index in [9.17, 15) is 34.5 Å². The van der Waals surface area contributed by atoms with Gasteiger partial charge in [0.2, 0.25) is 0 Å². The number of allylic oxidation sites excluding steroid dienone is 14. The monoisotopic (exact) mass is 1080 g/mol. The van der Waals surface area contributed by atoms with Gasteiger partial charge in [0.1, 0.15) is 18.8 Å². The number of hydrogen-bond donors (Lipinski definition) is 3. The second-order valence-electron chi connectivity index (χ2n) is 20.6. The molecule has 440 valence electrons. The van der Waals surface area contributed by atoms with Gasteiger partial charge in [-0.25, -0.2) is 4.79 Å². The fraction of sp³-hybridized carbons (Fsp3) is 0.723. The summed E-state index contributed by atoms with van der Waals surface area (Å²) < 4.78 is 28.4. The van der Waals surface area contributed by atoms with Crippen molar-refractivity contribution in [3.8, 4) is 0 Å². The lowest BCUT2D eigenvalue weighted by Crippen LogP contribution is -2.61. The summed E-state index contributed by atoms with van der Waals surface area (Å²) in [5, 5.41) is 31.5. The largest absolute Gasteiger partial charge is 0.479 e. The van der Waals surface area contributed by atoms with Gasteiger partial charge < -0.3 is 39.0 Å². The molecule has 0 spiro atoms. The van der Waals surface area contributed by atoms with E-state index in [0.29, 0.717) is 19.3 Å². The molecule has 0 bridgehead atoms. The summed E-state index contributed by atoms with van der Waals surface area (Å²) in [6.45, 7) is 5.75. The minimum absolute atomic E-state index is 0.0448. The second kappa shape index (κ2) is 52.6. The summed E-state index contributed by atoms with van der Waals surface area (Å²) >= 11 is 0. The van der Waals surface area contributed by atoms with Crippen molar-refractivity contribution < 1.29 is 58.2 Å². The number of aliphatic carboxylic acids is 1. The third-order valence-electron chi connectivity index (χ3n) is 13.5. The van der Waals surface area contributed by atoms with E-state index in [1.165, 1.54) is 57.8 Å². The predicted molar refractivity (Wildman–Crippen MR) is 312 cm³/mol. The molecule has 1 rings (SSSR count). The zero-order valence-electron chi connectivity index (χ0n) is 48.4. The molecule has 0 saturated carbocycles. The zero-order chi connectivity index (χ0) is 56.1. The SMILES string of the molecule is CC/C=C\C/C=C\C/C=C\C/C=C\CCCCCCC(=O)OCC(COC1OC(C(=O)O)C(O)C(O)C1OC(=O)CCCCCCCCC/C=C\C/C=C\C/C=C\CC)OC(=O)CCCCCCCCCCCCCCC. The molecule has 12 nitrogen and oxygen atoms in total. The van der Waals surface area contributed by atoms with Crippen LogP contribution in [0.3, 0.4) is 0 Å². The number of carbonyl (C=O) groups excluding carboxylic acids is 3. The molecule has 1 saturated heterocycles. The lowest BCUT2D eigenvalue weighted by atomic mass is 9.98. The number of carboxylic acids is 1. The van der Waals surface area contributed by atoms with Gasteiger partial charge in [0.25, 0.3) is 0 Å². The molecule has 0 aromatic rings. The van der Waals surface area contributed by atoms with Gasteiger partial charge in [-0.15, -0.1) is 0 Å². The van der Waals surface area contributed by atoms with Gasteiger partial charge in [-0.05, 0) is 89.9 Å². The van der Waals surface area contributed by atoms with Crippen LogP contribution in [0.2, 0.25) is 0 Å². The van der Waals surface area contributed by atoms with Crippen molar-refractivity contribution in [2.24, 2.45) is 0 Å². The van der Waals surface area contributed by atoms with Crippen molar-refractivity contribution in [3.05, 3.63) is 85.1 Å². The Morgan fingerprint density at radius 3 is 1.25 bits per heavy atom. The fourth-order valence-electron chi connectivity index (χ4n) is 8.84. The number of ether oxygens (including phenoxy) is 5. The first-order valence-electron chi connectivity index (χ1n) is 30.6. The Balaban J connectivity index is 2.69. The van der Waals surface area contributed by atoms with E-state index in [1.54, 1.807) is 0 Å². The number of hydrogen-bond acceptors (Lipinski definition) is 11. The topological polar surface area (TPSA) is 175 Å². The van der Waals surface area contributed by atoms with Crippen molar-refractivity contribution in [2.45, 2.75) is 289 Å². The average molecular weight is 1080 g/mol. The van der Waals surface area contributed by atoms with Gasteiger partial charge in [-0.2, -0.15) is 0 Å². The van der Waals surface area contributed by atoms with Crippen LogP contribution in [-0.2, 0) is 42.9 Å². The van der Waals surface area contributed by atoms with Crippen molar-refractivity contribution in [3.63, 3.8) is 0 Å². The van der Waals surface area contributed by atoms with Gasteiger partial charge in [-0.1, -0.05) is 228 Å². The van der Waals surface area contributed by atoms with Gasteiger partial charge in [0.15, 0.2) is 24.6 Å². The highest BCUT2D eigenvalue weighted by Gasteiger charge is 2.50. The highest BCUT2D eigenvalue weighted by Crippen LogP contribution is 2.26. The lowest BCUT2D eigenvalue weighted by molar-refractivity contribution is -0.301. The molecule has 0 amide bonds. The number of aliphatic hydroxyl groups excluding tert-OH is 2. The third kappa shape index (κ3) is 42.5. The van der Waals surface area contributed by atoms with Crippen LogP contribution in [0, 0.1) is 0 Å². The minimum Gasteiger partial charge on any atom is -0.479 e. The zero-order valence-corrected chi connectivity index (χ0v) is 48.4. The Labute approximate surface area is 467 Å². The molecule has 0 aromatic heterocycles. The lowest BCUT2D eigenvalue weighted by Gasteiger charge is -2.40. The first-order valence-corrected chi connectivity index (χ1v) is 30.6. The number of unbranched alkanes of at least 4 members (excludes halogenated alkanes) is 23. The van der Waals surface area contributed by atoms with Crippen LogP contribution in [0.25, 0.3) is 0 Å². The fourth-order valence-corrected chi connectivity index (χ4v) is 8.84. The van der Waals surface area contributed by atoms with Gasteiger partial charge in [0.05, 0.1) is 6.61 Å². The van der Waals surface area contributed by atoms with E-state index in [1.807, 2.05) is 0 Å². The maximum Gasteiger partial charge on any atom is 0.335 e.